The van der Waals surface area contributed by atoms with Crippen LogP contribution in [0.5, 0.6) is 0 Å². The number of hydrogen-bond acceptors (Lipinski definition) is 6. The molecule has 12 heteroatoms. The summed E-state index contributed by atoms with van der Waals surface area (Å²) in [6, 6.07) is 9.78. The van der Waals surface area contributed by atoms with E-state index < -0.39 is 29.5 Å². The molecule has 0 unspecified atom stereocenters. The summed E-state index contributed by atoms with van der Waals surface area (Å²) >= 11 is 0. The first-order valence-electron chi connectivity index (χ1n) is 13.0. The topological polar surface area (TPSA) is 106 Å². The van der Waals surface area contributed by atoms with Crippen LogP contribution in [0.25, 0.3) is 33.2 Å². The molecular formula is C27H33FN6O3SSi. The second-order valence-corrected chi connectivity index (χ2v) is 19.3. The Morgan fingerprint density at radius 1 is 1.18 bits per heavy atom. The fraction of sp³-hybridized carbons (Fsp3) is 0.444. The molecule has 1 aliphatic heterocycles. The van der Waals surface area contributed by atoms with Crippen LogP contribution in [0.1, 0.15) is 13.3 Å². The van der Waals surface area contributed by atoms with Crippen LogP contribution in [-0.2, 0) is 27.0 Å². The second kappa shape index (κ2) is 10.1. The quantitative estimate of drug-likeness (QED) is 0.201. The predicted molar refractivity (Wildman–Crippen MR) is 152 cm³/mol. The predicted octanol–water partition coefficient (Wildman–Crippen LogP) is 4.78. The summed E-state index contributed by atoms with van der Waals surface area (Å²) in [7, 11) is -4.60. The van der Waals surface area contributed by atoms with Gasteiger partial charge in [0.15, 0.2) is 0 Å². The Balaban J connectivity index is 1.56. The zero-order chi connectivity index (χ0) is 28.0. The Morgan fingerprint density at radius 3 is 2.64 bits per heavy atom. The molecule has 0 radical (unpaired) electrons. The van der Waals surface area contributed by atoms with Gasteiger partial charge < -0.3 is 13.9 Å². The number of aromatic nitrogens is 4. The van der Waals surface area contributed by atoms with Gasteiger partial charge in [-0.15, -0.1) is 0 Å². The van der Waals surface area contributed by atoms with Crippen LogP contribution in [0.3, 0.4) is 0 Å². The molecular weight excluding hydrogens is 535 g/mol. The van der Waals surface area contributed by atoms with Crippen molar-refractivity contribution in [3.63, 3.8) is 0 Å². The van der Waals surface area contributed by atoms with Crippen LogP contribution in [0, 0.1) is 17.1 Å². The average molecular weight is 569 g/mol. The first-order valence-corrected chi connectivity index (χ1v) is 18.3. The molecule has 4 heterocycles. The lowest BCUT2D eigenvalue weighted by Crippen LogP contribution is -2.64. The SMILES string of the molecule is CCS(=O)(=O)N1CC(CC#N)(n2cc(-c3ncnc4c3ccn4COCC[Si](C)(C)C)c3ccc(F)cc32)C1. The van der Waals surface area contributed by atoms with Gasteiger partial charge in [0, 0.05) is 56.5 Å². The van der Waals surface area contributed by atoms with Gasteiger partial charge in [-0.25, -0.2) is 22.8 Å². The smallest absolute Gasteiger partial charge is 0.213 e. The highest BCUT2D eigenvalue weighted by atomic mass is 32.2. The number of sulfonamides is 1. The minimum absolute atomic E-state index is 0.0142. The van der Waals surface area contributed by atoms with E-state index in [1.54, 1.807) is 13.0 Å². The first-order chi connectivity index (χ1) is 18.5. The number of fused-ring (bicyclic) bond motifs is 2. The Hall–Kier alpha value is -3.11. The monoisotopic (exact) mass is 568 g/mol. The fourth-order valence-corrected chi connectivity index (χ4v) is 7.13. The largest absolute Gasteiger partial charge is 0.361 e. The molecule has 1 aromatic carbocycles. The highest BCUT2D eigenvalue weighted by molar-refractivity contribution is 7.89. The third-order valence-electron chi connectivity index (χ3n) is 7.42. The van der Waals surface area contributed by atoms with Crippen molar-refractivity contribution in [2.75, 3.05) is 25.4 Å². The van der Waals surface area contributed by atoms with Crippen molar-refractivity contribution in [2.45, 2.75) is 51.3 Å². The number of ether oxygens (including phenoxy) is 1. The molecule has 0 saturated carbocycles. The number of nitrogens with zero attached hydrogens (tertiary/aromatic N) is 6. The van der Waals surface area contributed by atoms with Gasteiger partial charge in [-0.05, 0) is 37.2 Å². The van der Waals surface area contributed by atoms with E-state index in [0.29, 0.717) is 24.5 Å². The molecule has 1 saturated heterocycles. The number of benzene rings is 1. The molecule has 1 aliphatic rings. The summed E-state index contributed by atoms with van der Waals surface area (Å²) in [5.74, 6) is -0.424. The third-order valence-corrected chi connectivity index (χ3v) is 10.9. The minimum Gasteiger partial charge on any atom is -0.361 e. The summed E-state index contributed by atoms with van der Waals surface area (Å²) in [6.45, 7) is 9.92. The zero-order valence-corrected chi connectivity index (χ0v) is 24.5. The molecule has 3 aromatic heterocycles. The molecule has 0 amide bonds. The molecule has 0 spiro atoms. The molecule has 0 atom stereocenters. The van der Waals surface area contributed by atoms with Gasteiger partial charge in [-0.3, -0.25) is 0 Å². The van der Waals surface area contributed by atoms with Gasteiger partial charge in [0.1, 0.15) is 24.5 Å². The summed E-state index contributed by atoms with van der Waals surface area (Å²) in [5.41, 5.74) is 1.97. The molecule has 5 rings (SSSR count). The van der Waals surface area contributed by atoms with Gasteiger partial charge in [-0.1, -0.05) is 19.6 Å². The van der Waals surface area contributed by atoms with Crippen LogP contribution in [-0.4, -0.2) is 65.3 Å². The maximum atomic E-state index is 14.5. The molecule has 4 aromatic rings. The van der Waals surface area contributed by atoms with Gasteiger partial charge in [-0.2, -0.15) is 9.57 Å². The van der Waals surface area contributed by atoms with Gasteiger partial charge >= 0.3 is 0 Å². The highest BCUT2D eigenvalue weighted by Gasteiger charge is 2.49. The number of hydrogen-bond donors (Lipinski definition) is 0. The van der Waals surface area contributed by atoms with Crippen LogP contribution in [0.2, 0.25) is 25.7 Å². The van der Waals surface area contributed by atoms with Crippen molar-refractivity contribution in [1.82, 2.24) is 23.4 Å². The van der Waals surface area contributed by atoms with Crippen LogP contribution in [0.4, 0.5) is 4.39 Å². The van der Waals surface area contributed by atoms with Gasteiger partial charge in [0.2, 0.25) is 10.0 Å². The van der Waals surface area contributed by atoms with Crippen molar-refractivity contribution in [3.8, 4) is 17.3 Å². The van der Waals surface area contributed by atoms with E-state index in [1.807, 2.05) is 27.6 Å². The standard InChI is InChI=1S/C27H33FN6O3SSi/c1-5-38(35,36)33-16-27(17-33,9-10-29)34-15-23(21-7-6-20(28)14-24(21)34)25-22-8-11-32(26(22)31-18-30-25)19-37-12-13-39(2,3)4/h6-8,11,14-15,18H,5,9,12-13,16-17,19H2,1-4H3. The Kier molecular flexibility index (Phi) is 7.13. The van der Waals surface area contributed by atoms with Crippen molar-refractivity contribution in [1.29, 1.82) is 5.26 Å². The lowest BCUT2D eigenvalue weighted by atomic mass is 9.88. The second-order valence-electron chi connectivity index (χ2n) is 11.4. The van der Waals surface area contributed by atoms with Crippen molar-refractivity contribution >= 4 is 40.0 Å². The van der Waals surface area contributed by atoms with Gasteiger partial charge in [0.25, 0.3) is 0 Å². The molecule has 0 bridgehead atoms. The van der Waals surface area contributed by atoms with Crippen LogP contribution >= 0.6 is 0 Å². The summed E-state index contributed by atoms with van der Waals surface area (Å²) in [5, 5.41) is 11.3. The Labute approximate surface area is 228 Å². The number of nitriles is 1. The van der Waals surface area contributed by atoms with Crippen molar-refractivity contribution in [3.05, 3.63) is 48.8 Å². The van der Waals surface area contributed by atoms with Gasteiger partial charge in [0.05, 0.1) is 35.0 Å². The maximum Gasteiger partial charge on any atom is 0.213 e. The number of rotatable bonds is 10. The molecule has 39 heavy (non-hydrogen) atoms. The van der Waals surface area contributed by atoms with Crippen LogP contribution in [0.15, 0.2) is 43.0 Å². The number of halogens is 1. The first kappa shape index (κ1) is 27.5. The van der Waals surface area contributed by atoms with E-state index in [4.69, 9.17) is 4.74 Å². The lowest BCUT2D eigenvalue weighted by molar-refractivity contribution is 0.0893. The molecule has 0 N–H and O–H groups in total. The van der Waals surface area contributed by atoms with E-state index in [9.17, 15) is 18.1 Å². The van der Waals surface area contributed by atoms with E-state index in [1.165, 1.54) is 22.8 Å². The lowest BCUT2D eigenvalue weighted by Gasteiger charge is -2.49. The van der Waals surface area contributed by atoms with E-state index in [2.05, 4.69) is 35.7 Å². The van der Waals surface area contributed by atoms with Crippen LogP contribution < -0.4 is 0 Å². The average Bonchev–Trinajstić information content (AvgIpc) is 3.44. The van der Waals surface area contributed by atoms with E-state index in [-0.39, 0.29) is 25.3 Å². The summed E-state index contributed by atoms with van der Waals surface area (Å²) in [4.78, 5) is 9.11. The van der Waals surface area contributed by atoms with E-state index in [0.717, 1.165) is 28.0 Å². The molecule has 9 nitrogen and oxygen atoms in total. The third kappa shape index (κ3) is 5.12. The summed E-state index contributed by atoms with van der Waals surface area (Å²) < 4.78 is 50.6. The highest BCUT2D eigenvalue weighted by Crippen LogP contribution is 2.42. The fourth-order valence-electron chi connectivity index (χ4n) is 5.13. The molecule has 206 valence electrons. The minimum atomic E-state index is -3.41. The molecule has 0 aliphatic carbocycles. The normalized spacial score (nSPS) is 16.0. The maximum absolute atomic E-state index is 14.5. The van der Waals surface area contributed by atoms with E-state index >= 15 is 0 Å². The summed E-state index contributed by atoms with van der Waals surface area (Å²) in [6.07, 6.45) is 5.40. The van der Waals surface area contributed by atoms with Crippen molar-refractivity contribution in [2.24, 2.45) is 0 Å². The Bertz CT molecular complexity index is 1680. The zero-order valence-electron chi connectivity index (χ0n) is 22.7. The Morgan fingerprint density at radius 2 is 1.95 bits per heavy atom. The van der Waals surface area contributed by atoms with Crippen molar-refractivity contribution < 1.29 is 17.5 Å². The molecule has 1 fully saturated rings.